The largest absolute Gasteiger partial charge is 0.385 e. The number of nitrogens with zero attached hydrogens (tertiary/aromatic N) is 2. The SMILES string of the molecule is COCCC(C)Nc1ccnc(N)n1. The summed E-state index contributed by atoms with van der Waals surface area (Å²) < 4.78 is 4.98. The van der Waals surface area contributed by atoms with Crippen molar-refractivity contribution in [1.82, 2.24) is 9.97 Å². The fraction of sp³-hybridized carbons (Fsp3) is 0.556. The lowest BCUT2D eigenvalue weighted by atomic mass is 10.2. The maximum absolute atomic E-state index is 5.45. The van der Waals surface area contributed by atoms with Crippen LogP contribution >= 0.6 is 0 Å². The number of aromatic nitrogens is 2. The van der Waals surface area contributed by atoms with Gasteiger partial charge in [0, 0.05) is 26.0 Å². The second kappa shape index (κ2) is 5.39. The van der Waals surface area contributed by atoms with Crippen LogP contribution in [0.2, 0.25) is 0 Å². The van der Waals surface area contributed by atoms with E-state index in [1.807, 2.05) is 0 Å². The van der Waals surface area contributed by atoms with Crippen LogP contribution in [0.4, 0.5) is 11.8 Å². The average molecular weight is 196 g/mol. The first kappa shape index (κ1) is 10.7. The number of methoxy groups -OCH3 is 1. The Morgan fingerprint density at radius 1 is 1.64 bits per heavy atom. The van der Waals surface area contributed by atoms with Gasteiger partial charge in [-0.3, -0.25) is 0 Å². The van der Waals surface area contributed by atoms with Gasteiger partial charge in [0.1, 0.15) is 5.82 Å². The monoisotopic (exact) mass is 196 g/mol. The molecule has 1 rings (SSSR count). The summed E-state index contributed by atoms with van der Waals surface area (Å²) in [4.78, 5) is 7.85. The highest BCUT2D eigenvalue weighted by molar-refractivity contribution is 5.37. The van der Waals surface area contributed by atoms with Gasteiger partial charge in [-0.2, -0.15) is 4.98 Å². The summed E-state index contributed by atoms with van der Waals surface area (Å²) in [5.41, 5.74) is 5.45. The van der Waals surface area contributed by atoms with Gasteiger partial charge in [0.2, 0.25) is 5.95 Å². The fourth-order valence-corrected chi connectivity index (χ4v) is 1.07. The molecule has 0 aliphatic carbocycles. The third-order valence-corrected chi connectivity index (χ3v) is 1.82. The molecule has 5 heteroatoms. The van der Waals surface area contributed by atoms with E-state index in [1.54, 1.807) is 19.4 Å². The van der Waals surface area contributed by atoms with Gasteiger partial charge in [-0.05, 0) is 19.4 Å². The Morgan fingerprint density at radius 2 is 2.43 bits per heavy atom. The predicted octanol–water partition coefficient (Wildman–Crippen LogP) is 0.896. The molecule has 0 aliphatic heterocycles. The van der Waals surface area contributed by atoms with Crippen LogP contribution in [0.25, 0.3) is 0 Å². The zero-order valence-electron chi connectivity index (χ0n) is 8.53. The lowest BCUT2D eigenvalue weighted by molar-refractivity contribution is 0.191. The molecule has 14 heavy (non-hydrogen) atoms. The Bertz CT molecular complexity index is 279. The van der Waals surface area contributed by atoms with Crippen LogP contribution in [0.5, 0.6) is 0 Å². The number of nitrogen functional groups attached to an aromatic ring is 1. The quantitative estimate of drug-likeness (QED) is 0.731. The topological polar surface area (TPSA) is 73.1 Å². The number of ether oxygens (including phenoxy) is 1. The number of hydrogen-bond donors (Lipinski definition) is 2. The van der Waals surface area contributed by atoms with Gasteiger partial charge < -0.3 is 15.8 Å². The van der Waals surface area contributed by atoms with Crippen molar-refractivity contribution < 1.29 is 4.74 Å². The first-order chi connectivity index (χ1) is 6.72. The standard InChI is InChI=1S/C9H16N4O/c1-7(4-6-14-2)12-8-3-5-11-9(10)13-8/h3,5,7H,4,6H2,1-2H3,(H3,10,11,12,13). The van der Waals surface area contributed by atoms with E-state index >= 15 is 0 Å². The Labute approximate surface area is 83.7 Å². The maximum atomic E-state index is 5.45. The van der Waals surface area contributed by atoms with Gasteiger partial charge >= 0.3 is 0 Å². The van der Waals surface area contributed by atoms with Crippen LogP contribution < -0.4 is 11.1 Å². The molecule has 1 heterocycles. The predicted molar refractivity (Wildman–Crippen MR) is 56.0 cm³/mol. The molecule has 1 aromatic heterocycles. The lowest BCUT2D eigenvalue weighted by Crippen LogP contribution is -2.18. The second-order valence-corrected chi connectivity index (χ2v) is 3.13. The molecule has 0 spiro atoms. The van der Waals surface area contributed by atoms with Crippen LogP contribution in [0, 0.1) is 0 Å². The number of anilines is 2. The first-order valence-corrected chi connectivity index (χ1v) is 4.56. The van der Waals surface area contributed by atoms with E-state index < -0.39 is 0 Å². The van der Waals surface area contributed by atoms with Gasteiger partial charge in [0.25, 0.3) is 0 Å². The molecule has 0 fully saturated rings. The molecule has 0 aromatic carbocycles. The molecule has 0 aliphatic rings. The zero-order chi connectivity index (χ0) is 10.4. The van der Waals surface area contributed by atoms with E-state index in [1.165, 1.54) is 0 Å². The Morgan fingerprint density at radius 3 is 3.07 bits per heavy atom. The maximum Gasteiger partial charge on any atom is 0.221 e. The summed E-state index contributed by atoms with van der Waals surface area (Å²) >= 11 is 0. The van der Waals surface area contributed by atoms with Crippen molar-refractivity contribution in [3.63, 3.8) is 0 Å². The Balaban J connectivity index is 2.43. The van der Waals surface area contributed by atoms with Crippen molar-refractivity contribution in [3.05, 3.63) is 12.3 Å². The highest BCUT2D eigenvalue weighted by Crippen LogP contribution is 2.06. The van der Waals surface area contributed by atoms with Crippen molar-refractivity contribution in [1.29, 1.82) is 0 Å². The molecule has 3 N–H and O–H groups in total. The minimum atomic E-state index is 0.286. The first-order valence-electron chi connectivity index (χ1n) is 4.56. The summed E-state index contributed by atoms with van der Waals surface area (Å²) in [7, 11) is 1.69. The van der Waals surface area contributed by atoms with Crippen molar-refractivity contribution in [3.8, 4) is 0 Å². The summed E-state index contributed by atoms with van der Waals surface area (Å²) in [5.74, 6) is 1.04. The molecule has 1 aromatic rings. The molecule has 0 saturated carbocycles. The van der Waals surface area contributed by atoms with E-state index in [0.29, 0.717) is 6.04 Å². The second-order valence-electron chi connectivity index (χ2n) is 3.13. The lowest BCUT2D eigenvalue weighted by Gasteiger charge is -2.13. The van der Waals surface area contributed by atoms with Crippen molar-refractivity contribution in [2.75, 3.05) is 24.8 Å². The zero-order valence-corrected chi connectivity index (χ0v) is 8.53. The van der Waals surface area contributed by atoms with Crippen LogP contribution in [-0.2, 0) is 4.74 Å². The molecule has 5 nitrogen and oxygen atoms in total. The fourth-order valence-electron chi connectivity index (χ4n) is 1.07. The van der Waals surface area contributed by atoms with Crippen molar-refractivity contribution in [2.24, 2.45) is 0 Å². The molecule has 0 amide bonds. The highest BCUT2D eigenvalue weighted by Gasteiger charge is 2.02. The number of nitrogens with two attached hydrogens (primary N) is 1. The highest BCUT2D eigenvalue weighted by atomic mass is 16.5. The van der Waals surface area contributed by atoms with Gasteiger partial charge in [-0.1, -0.05) is 0 Å². The summed E-state index contributed by atoms with van der Waals surface area (Å²) in [6, 6.07) is 2.10. The smallest absolute Gasteiger partial charge is 0.221 e. The average Bonchev–Trinajstić information content (AvgIpc) is 2.15. The van der Waals surface area contributed by atoms with Crippen molar-refractivity contribution in [2.45, 2.75) is 19.4 Å². The van der Waals surface area contributed by atoms with E-state index in [0.717, 1.165) is 18.8 Å². The molecule has 1 atom stereocenters. The molecule has 78 valence electrons. The number of rotatable bonds is 5. The number of hydrogen-bond acceptors (Lipinski definition) is 5. The van der Waals surface area contributed by atoms with Gasteiger partial charge in [-0.15, -0.1) is 0 Å². The molecule has 0 saturated heterocycles. The summed E-state index contributed by atoms with van der Waals surface area (Å²) in [6.45, 7) is 2.80. The third-order valence-electron chi connectivity index (χ3n) is 1.82. The van der Waals surface area contributed by atoms with E-state index in [2.05, 4.69) is 22.2 Å². The van der Waals surface area contributed by atoms with Gasteiger partial charge in [0.05, 0.1) is 0 Å². The summed E-state index contributed by atoms with van der Waals surface area (Å²) in [5, 5.41) is 3.21. The Kier molecular flexibility index (Phi) is 4.12. The number of nitrogens with one attached hydrogen (secondary N) is 1. The van der Waals surface area contributed by atoms with Crippen LogP contribution in [0.3, 0.4) is 0 Å². The minimum absolute atomic E-state index is 0.286. The Hall–Kier alpha value is -1.36. The minimum Gasteiger partial charge on any atom is -0.385 e. The van der Waals surface area contributed by atoms with Crippen LogP contribution in [0.15, 0.2) is 12.3 Å². The van der Waals surface area contributed by atoms with Crippen molar-refractivity contribution >= 4 is 11.8 Å². The normalized spacial score (nSPS) is 12.4. The van der Waals surface area contributed by atoms with E-state index in [9.17, 15) is 0 Å². The molecule has 0 bridgehead atoms. The van der Waals surface area contributed by atoms with E-state index in [-0.39, 0.29) is 5.95 Å². The third kappa shape index (κ3) is 3.57. The molecule has 1 unspecified atom stereocenters. The van der Waals surface area contributed by atoms with Gasteiger partial charge in [-0.25, -0.2) is 4.98 Å². The molecule has 0 radical (unpaired) electrons. The van der Waals surface area contributed by atoms with Crippen LogP contribution in [0.1, 0.15) is 13.3 Å². The van der Waals surface area contributed by atoms with E-state index in [4.69, 9.17) is 10.5 Å². The van der Waals surface area contributed by atoms with Crippen LogP contribution in [-0.4, -0.2) is 29.7 Å². The van der Waals surface area contributed by atoms with Gasteiger partial charge in [0.15, 0.2) is 0 Å². The molecular weight excluding hydrogens is 180 g/mol. The molecular formula is C9H16N4O. The summed E-state index contributed by atoms with van der Waals surface area (Å²) in [6.07, 6.45) is 2.56.